The average molecular weight is 220 g/mol. The monoisotopic (exact) mass is 220 g/mol. The Bertz CT molecular complexity index is 209. The van der Waals surface area contributed by atoms with Crippen molar-refractivity contribution in [3.8, 4) is 0 Å². The van der Waals surface area contributed by atoms with Gasteiger partial charge < -0.3 is 16.2 Å². The number of thioether (sulfide) groups is 1. The average Bonchev–Trinajstić information content (AvgIpc) is 2.09. The minimum absolute atomic E-state index is 0.376. The molecule has 0 aliphatic carbocycles. The highest BCUT2D eigenvalue weighted by atomic mass is 32.2. The van der Waals surface area contributed by atoms with Crippen LogP contribution >= 0.6 is 11.8 Å². The summed E-state index contributed by atoms with van der Waals surface area (Å²) in [6, 6.07) is -0.637. The van der Waals surface area contributed by atoms with Crippen molar-refractivity contribution in [2.75, 3.05) is 12.3 Å². The second-order valence-corrected chi connectivity index (χ2v) is 4.71. The molecule has 0 spiro atoms. The van der Waals surface area contributed by atoms with E-state index in [2.05, 4.69) is 5.32 Å². The van der Waals surface area contributed by atoms with Gasteiger partial charge >= 0.3 is 5.97 Å². The predicted octanol–water partition coefficient (Wildman–Crippen LogP) is -0.344. The van der Waals surface area contributed by atoms with E-state index in [-0.39, 0.29) is 6.54 Å². The van der Waals surface area contributed by atoms with Crippen LogP contribution in [0.5, 0.6) is 0 Å². The van der Waals surface area contributed by atoms with Crippen LogP contribution < -0.4 is 11.1 Å². The van der Waals surface area contributed by atoms with Gasteiger partial charge in [-0.3, -0.25) is 9.59 Å². The van der Waals surface area contributed by atoms with Crippen molar-refractivity contribution in [2.45, 2.75) is 25.1 Å². The Hall–Kier alpha value is -0.750. The van der Waals surface area contributed by atoms with Gasteiger partial charge in [0.25, 0.3) is 0 Å². The molecular weight excluding hydrogens is 204 g/mol. The van der Waals surface area contributed by atoms with E-state index in [0.29, 0.717) is 11.0 Å². The zero-order valence-corrected chi connectivity index (χ0v) is 9.13. The number of carboxylic acids is 1. The maximum atomic E-state index is 11.1. The summed E-state index contributed by atoms with van der Waals surface area (Å²) in [7, 11) is 0. The van der Waals surface area contributed by atoms with Crippen LogP contribution in [0.1, 0.15) is 13.8 Å². The summed E-state index contributed by atoms with van der Waals surface area (Å²) in [6.45, 7) is 3.64. The lowest BCUT2D eigenvalue weighted by Gasteiger charge is -2.11. The van der Waals surface area contributed by atoms with E-state index in [1.807, 2.05) is 13.8 Å². The largest absolute Gasteiger partial charge is 0.480 e. The minimum Gasteiger partial charge on any atom is -0.480 e. The van der Waals surface area contributed by atoms with Gasteiger partial charge in [0.15, 0.2) is 0 Å². The Balaban J connectivity index is 3.70. The summed E-state index contributed by atoms with van der Waals surface area (Å²) in [5.41, 5.74) is 5.53. The Morgan fingerprint density at radius 2 is 2.07 bits per heavy atom. The first kappa shape index (κ1) is 13.2. The first-order valence-corrected chi connectivity index (χ1v) is 5.35. The molecule has 1 unspecified atom stereocenters. The van der Waals surface area contributed by atoms with E-state index < -0.39 is 17.9 Å². The van der Waals surface area contributed by atoms with Crippen LogP contribution in [-0.2, 0) is 9.59 Å². The molecule has 1 atom stereocenters. The normalized spacial score (nSPS) is 12.6. The Labute approximate surface area is 87.4 Å². The smallest absolute Gasteiger partial charge is 0.322 e. The molecule has 0 heterocycles. The van der Waals surface area contributed by atoms with Crippen molar-refractivity contribution < 1.29 is 14.7 Å². The summed E-state index contributed by atoms with van der Waals surface area (Å²) >= 11 is 1.57. The standard InChI is InChI=1S/C8H16N2O3S/c1-5(2)14-4-6(9)8(13)10-3-7(11)12/h5-6H,3-4,9H2,1-2H3,(H,10,13)(H,11,12). The van der Waals surface area contributed by atoms with Gasteiger partial charge in [-0.1, -0.05) is 13.8 Å². The van der Waals surface area contributed by atoms with Crippen LogP contribution in [0.3, 0.4) is 0 Å². The molecule has 5 nitrogen and oxygen atoms in total. The van der Waals surface area contributed by atoms with E-state index in [9.17, 15) is 9.59 Å². The molecule has 14 heavy (non-hydrogen) atoms. The molecule has 0 bridgehead atoms. The molecular formula is C8H16N2O3S. The quantitative estimate of drug-likeness (QED) is 0.569. The number of hydrogen-bond acceptors (Lipinski definition) is 4. The third-order valence-corrected chi connectivity index (χ3v) is 2.58. The topological polar surface area (TPSA) is 92.4 Å². The van der Waals surface area contributed by atoms with Crippen LogP contribution in [0.2, 0.25) is 0 Å². The Morgan fingerprint density at radius 3 is 2.50 bits per heavy atom. The van der Waals surface area contributed by atoms with Gasteiger partial charge in [-0.25, -0.2) is 0 Å². The van der Waals surface area contributed by atoms with Gasteiger partial charge in [-0.15, -0.1) is 0 Å². The Kier molecular flexibility index (Phi) is 6.31. The lowest BCUT2D eigenvalue weighted by Crippen LogP contribution is -2.44. The van der Waals surface area contributed by atoms with Crippen molar-refractivity contribution in [3.05, 3.63) is 0 Å². The number of aliphatic carboxylic acids is 1. The molecule has 0 aliphatic rings. The highest BCUT2D eigenvalue weighted by Gasteiger charge is 2.14. The van der Waals surface area contributed by atoms with Crippen molar-refractivity contribution in [1.82, 2.24) is 5.32 Å². The maximum Gasteiger partial charge on any atom is 0.322 e. The van der Waals surface area contributed by atoms with E-state index >= 15 is 0 Å². The van der Waals surface area contributed by atoms with Gasteiger partial charge in [0.05, 0.1) is 6.04 Å². The van der Waals surface area contributed by atoms with E-state index in [4.69, 9.17) is 10.8 Å². The number of amides is 1. The molecule has 6 heteroatoms. The minimum atomic E-state index is -1.07. The van der Waals surface area contributed by atoms with Gasteiger partial charge in [-0.2, -0.15) is 11.8 Å². The number of carbonyl (C=O) groups is 2. The second-order valence-electron chi connectivity index (χ2n) is 3.10. The number of hydrogen-bond donors (Lipinski definition) is 3. The first-order chi connectivity index (χ1) is 6.43. The Morgan fingerprint density at radius 1 is 1.50 bits per heavy atom. The fourth-order valence-electron chi connectivity index (χ4n) is 0.666. The van der Waals surface area contributed by atoms with Gasteiger partial charge in [0.1, 0.15) is 6.54 Å². The zero-order chi connectivity index (χ0) is 11.1. The van der Waals surface area contributed by atoms with Crippen LogP contribution in [-0.4, -0.2) is 40.6 Å². The van der Waals surface area contributed by atoms with Crippen molar-refractivity contribution in [3.63, 3.8) is 0 Å². The molecule has 0 radical (unpaired) electrons. The number of nitrogens with two attached hydrogens (primary N) is 1. The van der Waals surface area contributed by atoms with Crippen molar-refractivity contribution >= 4 is 23.6 Å². The molecule has 0 aromatic carbocycles. The summed E-state index contributed by atoms with van der Waals surface area (Å²) in [5.74, 6) is -0.981. The molecule has 82 valence electrons. The van der Waals surface area contributed by atoms with Crippen molar-refractivity contribution in [2.24, 2.45) is 5.73 Å². The highest BCUT2D eigenvalue weighted by molar-refractivity contribution is 7.99. The lowest BCUT2D eigenvalue weighted by atomic mass is 10.3. The number of carboxylic acid groups (broad SMARTS) is 1. The van der Waals surface area contributed by atoms with Crippen LogP contribution in [0.4, 0.5) is 0 Å². The molecule has 0 saturated heterocycles. The van der Waals surface area contributed by atoms with Crippen LogP contribution in [0.25, 0.3) is 0 Å². The summed E-state index contributed by atoms with van der Waals surface area (Å²) in [5, 5.41) is 10.9. The summed E-state index contributed by atoms with van der Waals surface area (Å²) in [4.78, 5) is 21.3. The number of rotatable bonds is 6. The van der Waals surface area contributed by atoms with Gasteiger partial charge in [0.2, 0.25) is 5.91 Å². The van der Waals surface area contributed by atoms with Crippen LogP contribution in [0.15, 0.2) is 0 Å². The van der Waals surface area contributed by atoms with Gasteiger partial charge in [0, 0.05) is 5.75 Å². The maximum absolute atomic E-state index is 11.1. The summed E-state index contributed by atoms with van der Waals surface area (Å²) in [6.07, 6.45) is 0. The molecule has 4 N–H and O–H groups in total. The molecule has 1 amide bonds. The van der Waals surface area contributed by atoms with E-state index in [0.717, 1.165) is 0 Å². The number of nitrogens with one attached hydrogen (secondary N) is 1. The lowest BCUT2D eigenvalue weighted by molar-refractivity contribution is -0.138. The van der Waals surface area contributed by atoms with E-state index in [1.165, 1.54) is 0 Å². The SMILES string of the molecule is CC(C)SCC(N)C(=O)NCC(=O)O. The molecule has 0 fully saturated rings. The second kappa shape index (κ2) is 6.67. The molecule has 0 rings (SSSR count). The summed E-state index contributed by atoms with van der Waals surface area (Å²) < 4.78 is 0. The third-order valence-electron chi connectivity index (χ3n) is 1.36. The fraction of sp³-hybridized carbons (Fsp3) is 0.750. The van der Waals surface area contributed by atoms with E-state index in [1.54, 1.807) is 11.8 Å². The number of carbonyl (C=O) groups excluding carboxylic acids is 1. The molecule has 0 aromatic heterocycles. The fourth-order valence-corrected chi connectivity index (χ4v) is 1.41. The zero-order valence-electron chi connectivity index (χ0n) is 8.32. The molecule has 0 saturated carbocycles. The third kappa shape index (κ3) is 6.73. The molecule has 0 aliphatic heterocycles. The molecule has 0 aromatic rings. The van der Waals surface area contributed by atoms with Crippen LogP contribution in [0, 0.1) is 0 Å². The van der Waals surface area contributed by atoms with Crippen molar-refractivity contribution in [1.29, 1.82) is 0 Å². The predicted molar refractivity (Wildman–Crippen MR) is 56.2 cm³/mol. The first-order valence-electron chi connectivity index (χ1n) is 4.30. The highest BCUT2D eigenvalue weighted by Crippen LogP contribution is 2.09. The van der Waals surface area contributed by atoms with Gasteiger partial charge in [-0.05, 0) is 5.25 Å².